The van der Waals surface area contributed by atoms with Crippen molar-refractivity contribution < 1.29 is 0 Å². The van der Waals surface area contributed by atoms with Crippen LogP contribution < -0.4 is 11.1 Å². The molecule has 0 aromatic heterocycles. The van der Waals surface area contributed by atoms with Crippen LogP contribution in [0, 0.1) is 6.92 Å². The van der Waals surface area contributed by atoms with Crippen molar-refractivity contribution in [3.05, 3.63) is 64.1 Å². The molecule has 0 aliphatic heterocycles. The second-order valence-corrected chi connectivity index (χ2v) is 5.18. The lowest BCUT2D eigenvalue weighted by molar-refractivity contribution is 0.788. The molecule has 0 saturated carbocycles. The summed E-state index contributed by atoms with van der Waals surface area (Å²) < 4.78 is 1.05. The fraction of sp³-hybridized carbons (Fsp3) is 0.200. The zero-order chi connectivity index (χ0) is 13.0. The Hall–Kier alpha value is -1.32. The monoisotopic (exact) mass is 304 g/mol. The summed E-state index contributed by atoms with van der Waals surface area (Å²) in [6.45, 7) is 2.65. The number of nitrogens with one attached hydrogen (secondary N) is 1. The summed E-state index contributed by atoms with van der Waals surface area (Å²) in [5, 5.41) is 3.47. The number of anilines is 1. The third-order valence-electron chi connectivity index (χ3n) is 2.88. The zero-order valence-corrected chi connectivity index (χ0v) is 11.9. The molecular formula is C15H17BrN2. The molecule has 0 heterocycles. The highest BCUT2D eigenvalue weighted by Crippen LogP contribution is 2.26. The van der Waals surface area contributed by atoms with Crippen LogP contribution in [0.4, 0.5) is 5.69 Å². The molecule has 1 unspecified atom stereocenters. The minimum absolute atomic E-state index is 0.128. The number of hydrogen-bond acceptors (Lipinski definition) is 2. The van der Waals surface area contributed by atoms with Crippen molar-refractivity contribution in [1.82, 2.24) is 0 Å². The third-order valence-corrected chi connectivity index (χ3v) is 3.58. The Kier molecular flexibility index (Phi) is 4.39. The Morgan fingerprint density at radius 1 is 1.17 bits per heavy atom. The van der Waals surface area contributed by atoms with Crippen molar-refractivity contribution in [3.8, 4) is 0 Å². The highest BCUT2D eigenvalue weighted by atomic mass is 79.9. The Morgan fingerprint density at radius 2 is 1.94 bits per heavy atom. The van der Waals surface area contributed by atoms with Gasteiger partial charge in [-0.1, -0.05) is 42.0 Å². The molecule has 0 bridgehead atoms. The fourth-order valence-corrected chi connectivity index (χ4v) is 2.33. The Morgan fingerprint density at radius 3 is 2.61 bits per heavy atom. The van der Waals surface area contributed by atoms with Crippen molar-refractivity contribution in [2.24, 2.45) is 5.73 Å². The van der Waals surface area contributed by atoms with Gasteiger partial charge in [0.05, 0.1) is 6.04 Å². The van der Waals surface area contributed by atoms with Crippen LogP contribution in [0.1, 0.15) is 17.2 Å². The fourth-order valence-electron chi connectivity index (χ4n) is 1.93. The molecule has 0 spiro atoms. The average molecular weight is 305 g/mol. The van der Waals surface area contributed by atoms with E-state index in [9.17, 15) is 0 Å². The average Bonchev–Trinajstić information content (AvgIpc) is 2.38. The van der Waals surface area contributed by atoms with Crippen molar-refractivity contribution >= 4 is 21.6 Å². The lowest BCUT2D eigenvalue weighted by Crippen LogP contribution is -2.20. The summed E-state index contributed by atoms with van der Waals surface area (Å²) in [5.41, 5.74) is 9.41. The summed E-state index contributed by atoms with van der Waals surface area (Å²) in [7, 11) is 0. The van der Waals surface area contributed by atoms with Gasteiger partial charge in [0.2, 0.25) is 0 Å². The van der Waals surface area contributed by atoms with E-state index in [0.717, 1.165) is 10.2 Å². The SMILES string of the molecule is Cc1cccc(C(CN)Nc2ccccc2Br)c1. The summed E-state index contributed by atoms with van der Waals surface area (Å²) >= 11 is 3.54. The molecule has 0 fully saturated rings. The molecule has 0 aliphatic rings. The minimum atomic E-state index is 0.128. The lowest BCUT2D eigenvalue weighted by atomic mass is 10.0. The van der Waals surface area contributed by atoms with Gasteiger partial charge in [0.15, 0.2) is 0 Å². The molecule has 94 valence electrons. The first-order chi connectivity index (χ1) is 8.70. The maximum atomic E-state index is 5.87. The zero-order valence-electron chi connectivity index (χ0n) is 10.4. The van der Waals surface area contributed by atoms with Crippen LogP contribution in [0.5, 0.6) is 0 Å². The van der Waals surface area contributed by atoms with Crippen LogP contribution >= 0.6 is 15.9 Å². The number of hydrogen-bond donors (Lipinski definition) is 2. The summed E-state index contributed by atoms with van der Waals surface area (Å²) in [6.07, 6.45) is 0. The van der Waals surface area contributed by atoms with Gasteiger partial charge >= 0.3 is 0 Å². The van der Waals surface area contributed by atoms with Gasteiger partial charge in [-0.2, -0.15) is 0 Å². The number of aryl methyl sites for hydroxylation is 1. The molecule has 18 heavy (non-hydrogen) atoms. The van der Waals surface area contributed by atoms with E-state index < -0.39 is 0 Å². The molecule has 3 heteroatoms. The van der Waals surface area contributed by atoms with Crippen LogP contribution in [0.15, 0.2) is 53.0 Å². The number of nitrogens with two attached hydrogens (primary N) is 1. The molecule has 3 N–H and O–H groups in total. The summed E-state index contributed by atoms with van der Waals surface area (Å²) in [4.78, 5) is 0. The predicted octanol–water partition coefficient (Wildman–Crippen LogP) is 3.87. The second kappa shape index (κ2) is 6.03. The van der Waals surface area contributed by atoms with Crippen molar-refractivity contribution in [3.63, 3.8) is 0 Å². The van der Waals surface area contributed by atoms with Crippen molar-refractivity contribution in [2.45, 2.75) is 13.0 Å². The molecule has 2 nitrogen and oxygen atoms in total. The van der Waals surface area contributed by atoms with Gasteiger partial charge in [-0.05, 0) is 40.5 Å². The van der Waals surface area contributed by atoms with E-state index in [2.05, 4.69) is 52.4 Å². The normalized spacial score (nSPS) is 12.2. The maximum Gasteiger partial charge on any atom is 0.0636 e. The largest absolute Gasteiger partial charge is 0.376 e. The summed E-state index contributed by atoms with van der Waals surface area (Å²) in [6, 6.07) is 16.6. The van der Waals surface area contributed by atoms with Gasteiger partial charge in [-0.25, -0.2) is 0 Å². The molecule has 0 saturated heterocycles. The molecule has 0 amide bonds. The van der Waals surface area contributed by atoms with Gasteiger partial charge in [-0.3, -0.25) is 0 Å². The maximum absolute atomic E-state index is 5.87. The van der Waals surface area contributed by atoms with Gasteiger partial charge < -0.3 is 11.1 Å². The van der Waals surface area contributed by atoms with Gasteiger partial charge in [0.25, 0.3) is 0 Å². The predicted molar refractivity (Wildman–Crippen MR) is 80.7 cm³/mol. The highest BCUT2D eigenvalue weighted by molar-refractivity contribution is 9.10. The topological polar surface area (TPSA) is 38.0 Å². The van der Waals surface area contributed by atoms with Gasteiger partial charge in [0, 0.05) is 16.7 Å². The molecule has 2 aromatic carbocycles. The van der Waals surface area contributed by atoms with E-state index in [0.29, 0.717) is 6.54 Å². The number of benzene rings is 2. The van der Waals surface area contributed by atoms with Crippen LogP contribution in [0.2, 0.25) is 0 Å². The first kappa shape index (κ1) is 13.1. The molecule has 0 aliphatic carbocycles. The highest BCUT2D eigenvalue weighted by Gasteiger charge is 2.10. The van der Waals surface area contributed by atoms with Gasteiger partial charge in [0.1, 0.15) is 0 Å². The molecule has 2 aromatic rings. The first-order valence-electron chi connectivity index (χ1n) is 5.98. The van der Waals surface area contributed by atoms with Crippen LogP contribution in [0.25, 0.3) is 0 Å². The number of halogens is 1. The number of para-hydroxylation sites is 1. The van der Waals surface area contributed by atoms with Crippen LogP contribution in [-0.4, -0.2) is 6.54 Å². The first-order valence-corrected chi connectivity index (χ1v) is 6.77. The number of rotatable bonds is 4. The van der Waals surface area contributed by atoms with Crippen molar-refractivity contribution in [1.29, 1.82) is 0 Å². The van der Waals surface area contributed by atoms with E-state index in [-0.39, 0.29) is 6.04 Å². The Labute approximate surface area is 116 Å². The standard InChI is InChI=1S/C15H17BrN2/c1-11-5-4-6-12(9-11)15(10-17)18-14-8-3-2-7-13(14)16/h2-9,15,18H,10,17H2,1H3. The van der Waals surface area contributed by atoms with E-state index in [4.69, 9.17) is 5.73 Å². The third kappa shape index (κ3) is 3.12. The van der Waals surface area contributed by atoms with E-state index >= 15 is 0 Å². The smallest absolute Gasteiger partial charge is 0.0636 e. The minimum Gasteiger partial charge on any atom is -0.376 e. The van der Waals surface area contributed by atoms with Crippen molar-refractivity contribution in [2.75, 3.05) is 11.9 Å². The Bertz CT molecular complexity index is 525. The van der Waals surface area contributed by atoms with E-state index in [1.807, 2.05) is 24.3 Å². The molecule has 0 radical (unpaired) electrons. The second-order valence-electron chi connectivity index (χ2n) is 4.33. The Balaban J connectivity index is 2.23. The summed E-state index contributed by atoms with van der Waals surface area (Å²) in [5.74, 6) is 0. The van der Waals surface area contributed by atoms with Gasteiger partial charge in [-0.15, -0.1) is 0 Å². The molecule has 2 rings (SSSR count). The molecule has 1 atom stereocenters. The quantitative estimate of drug-likeness (QED) is 0.900. The van der Waals surface area contributed by atoms with Crippen LogP contribution in [-0.2, 0) is 0 Å². The van der Waals surface area contributed by atoms with E-state index in [1.54, 1.807) is 0 Å². The van der Waals surface area contributed by atoms with E-state index in [1.165, 1.54) is 11.1 Å². The van der Waals surface area contributed by atoms with Crippen LogP contribution in [0.3, 0.4) is 0 Å². The lowest BCUT2D eigenvalue weighted by Gasteiger charge is -2.20. The molecular weight excluding hydrogens is 288 g/mol.